The van der Waals surface area contributed by atoms with Gasteiger partial charge in [-0.05, 0) is 59.7 Å². The molecule has 1 saturated heterocycles. The average Bonchev–Trinajstić information content (AvgIpc) is 3.19. The fourth-order valence-electron chi connectivity index (χ4n) is 3.34. The number of rotatable bonds is 7. The minimum absolute atomic E-state index is 0.00393. The number of likely N-dealkylation sites (N-methyl/N-ethyl adjacent to an activating group) is 1. The third-order valence-corrected chi connectivity index (χ3v) is 9.58. The Hall–Kier alpha value is -1.20. The van der Waals surface area contributed by atoms with Gasteiger partial charge in [0.05, 0.1) is 25.2 Å². The van der Waals surface area contributed by atoms with Crippen LogP contribution in [0.5, 0.6) is 5.75 Å². The van der Waals surface area contributed by atoms with E-state index in [-0.39, 0.29) is 11.0 Å². The second-order valence-corrected chi connectivity index (χ2v) is 12.4. The summed E-state index contributed by atoms with van der Waals surface area (Å²) in [5.74, 6) is 0.437. The fourth-order valence-corrected chi connectivity index (χ4v) is 6.55. The minimum atomic E-state index is -3.91. The third kappa shape index (κ3) is 6.13. The van der Waals surface area contributed by atoms with Gasteiger partial charge >= 0.3 is 0 Å². The van der Waals surface area contributed by atoms with Crippen LogP contribution in [0.25, 0.3) is 0 Å². The highest BCUT2D eigenvalue weighted by atomic mass is 79.9. The number of nitrogens with one attached hydrogen (secondary N) is 1. The first kappa shape index (κ1) is 25.9. The number of anilines is 1. The molecule has 0 aliphatic carbocycles. The Morgan fingerprint density at radius 2 is 1.97 bits per heavy atom. The lowest BCUT2D eigenvalue weighted by atomic mass is 10.3. The van der Waals surface area contributed by atoms with E-state index in [1.807, 2.05) is 13.1 Å². The van der Waals surface area contributed by atoms with Gasteiger partial charge in [0.2, 0.25) is 0 Å². The molecule has 1 aromatic heterocycles. The largest absolute Gasteiger partial charge is 0.487 e. The average molecular weight is 624 g/mol. The third-order valence-electron chi connectivity index (χ3n) is 5.04. The molecule has 1 N–H and O–H groups in total. The molecular formula is C22H19BrCl3N3O3S2. The number of ether oxygens (including phenoxy) is 1. The molecule has 0 amide bonds. The molecule has 1 unspecified atom stereocenters. The highest BCUT2D eigenvalue weighted by Gasteiger charge is 2.23. The lowest BCUT2D eigenvalue weighted by Crippen LogP contribution is -2.21. The van der Waals surface area contributed by atoms with Gasteiger partial charge < -0.3 is 9.64 Å². The predicted molar refractivity (Wildman–Crippen MR) is 141 cm³/mol. The predicted octanol–water partition coefficient (Wildman–Crippen LogP) is 6.84. The Balaban J connectivity index is 1.51. The monoisotopic (exact) mass is 621 g/mol. The van der Waals surface area contributed by atoms with Gasteiger partial charge in [0, 0.05) is 30.2 Å². The van der Waals surface area contributed by atoms with Crippen LogP contribution in [0.3, 0.4) is 0 Å². The molecule has 6 nitrogen and oxygen atoms in total. The second kappa shape index (κ2) is 10.8. The van der Waals surface area contributed by atoms with Crippen LogP contribution < -0.4 is 9.46 Å². The van der Waals surface area contributed by atoms with Gasteiger partial charge in [0.15, 0.2) is 0 Å². The van der Waals surface area contributed by atoms with Crippen LogP contribution in [0.15, 0.2) is 68.0 Å². The summed E-state index contributed by atoms with van der Waals surface area (Å²) in [5, 5.41) is 1.80. The molecule has 0 saturated carbocycles. The molecular weight excluding hydrogens is 605 g/mol. The zero-order chi connectivity index (χ0) is 24.5. The number of hydrogen-bond acceptors (Lipinski definition) is 6. The Morgan fingerprint density at radius 1 is 1.18 bits per heavy atom. The number of likely N-dealkylation sites (tertiary alicyclic amines) is 1. The number of hydrogen-bond donors (Lipinski definition) is 1. The summed E-state index contributed by atoms with van der Waals surface area (Å²) in [6, 6.07) is 11.5. The second-order valence-electron chi connectivity index (χ2n) is 7.65. The number of aromatic nitrogens is 1. The number of nitrogens with zero attached hydrogens (tertiary/aromatic N) is 2. The van der Waals surface area contributed by atoms with E-state index >= 15 is 0 Å². The van der Waals surface area contributed by atoms with Gasteiger partial charge in [-0.2, -0.15) is 0 Å². The smallest absolute Gasteiger partial charge is 0.263 e. The molecule has 1 aliphatic rings. The van der Waals surface area contributed by atoms with Gasteiger partial charge in [0.1, 0.15) is 21.8 Å². The van der Waals surface area contributed by atoms with Crippen LogP contribution in [0.2, 0.25) is 15.1 Å². The normalized spacial score (nSPS) is 16.6. The molecule has 180 valence electrons. The maximum atomic E-state index is 13.0. The lowest BCUT2D eigenvalue weighted by molar-refractivity contribution is 0.208. The summed E-state index contributed by atoms with van der Waals surface area (Å²) in [6.45, 7) is 1.73. The van der Waals surface area contributed by atoms with Crippen molar-refractivity contribution < 1.29 is 13.2 Å². The van der Waals surface area contributed by atoms with Crippen LogP contribution in [0.4, 0.5) is 5.69 Å². The molecule has 2 aromatic carbocycles. The zero-order valence-corrected chi connectivity index (χ0v) is 23.3. The van der Waals surface area contributed by atoms with Crippen LogP contribution in [-0.4, -0.2) is 44.5 Å². The van der Waals surface area contributed by atoms with E-state index < -0.39 is 10.0 Å². The topological polar surface area (TPSA) is 71.5 Å². The maximum Gasteiger partial charge on any atom is 0.263 e. The molecule has 0 radical (unpaired) electrons. The van der Waals surface area contributed by atoms with Crippen molar-refractivity contribution in [3.05, 3.63) is 68.2 Å². The van der Waals surface area contributed by atoms with Crippen molar-refractivity contribution in [3.63, 3.8) is 0 Å². The Morgan fingerprint density at radius 3 is 2.68 bits per heavy atom. The molecule has 1 atom stereocenters. The van der Waals surface area contributed by atoms with E-state index in [9.17, 15) is 8.42 Å². The molecule has 0 spiro atoms. The van der Waals surface area contributed by atoms with Crippen molar-refractivity contribution in [3.8, 4) is 5.75 Å². The summed E-state index contributed by atoms with van der Waals surface area (Å²) in [7, 11) is -1.89. The molecule has 1 fully saturated rings. The van der Waals surface area contributed by atoms with E-state index in [1.165, 1.54) is 24.0 Å². The summed E-state index contributed by atoms with van der Waals surface area (Å²) in [4.78, 5) is 7.17. The molecule has 2 heterocycles. The van der Waals surface area contributed by atoms with E-state index in [2.05, 4.69) is 30.5 Å². The van der Waals surface area contributed by atoms with Crippen molar-refractivity contribution in [1.29, 1.82) is 0 Å². The number of sulfonamides is 1. The first-order valence-electron chi connectivity index (χ1n) is 10.1. The Labute approximate surface area is 226 Å². The van der Waals surface area contributed by atoms with E-state index in [4.69, 9.17) is 39.5 Å². The van der Waals surface area contributed by atoms with Crippen molar-refractivity contribution in [2.75, 3.05) is 24.9 Å². The van der Waals surface area contributed by atoms with Gasteiger partial charge in [-0.25, -0.2) is 13.4 Å². The van der Waals surface area contributed by atoms with Crippen LogP contribution in [0.1, 0.15) is 6.42 Å². The number of pyridine rings is 1. The fraction of sp³-hybridized carbons (Fsp3) is 0.227. The van der Waals surface area contributed by atoms with Crippen LogP contribution in [-0.2, 0) is 10.0 Å². The van der Waals surface area contributed by atoms with Crippen LogP contribution in [0, 0.1) is 0 Å². The van der Waals surface area contributed by atoms with Gasteiger partial charge in [0.25, 0.3) is 10.0 Å². The van der Waals surface area contributed by atoms with Crippen molar-refractivity contribution in [2.24, 2.45) is 0 Å². The molecule has 1 aliphatic heterocycles. The van der Waals surface area contributed by atoms with Crippen LogP contribution >= 0.6 is 62.5 Å². The summed E-state index contributed by atoms with van der Waals surface area (Å²) in [6.07, 6.45) is 2.18. The first-order valence-corrected chi connectivity index (χ1v) is 14.3. The highest BCUT2D eigenvalue weighted by Crippen LogP contribution is 2.39. The van der Waals surface area contributed by atoms with Crippen molar-refractivity contribution >= 4 is 78.2 Å². The minimum Gasteiger partial charge on any atom is -0.487 e. The Bertz CT molecular complexity index is 1330. The highest BCUT2D eigenvalue weighted by molar-refractivity contribution is 9.10. The molecule has 0 bridgehead atoms. The summed E-state index contributed by atoms with van der Waals surface area (Å²) in [5.41, 5.74) is 0.339. The first-order chi connectivity index (χ1) is 16.1. The number of benzene rings is 2. The van der Waals surface area contributed by atoms with Gasteiger partial charge in [-0.1, -0.05) is 52.6 Å². The van der Waals surface area contributed by atoms with Crippen molar-refractivity contribution in [1.82, 2.24) is 9.88 Å². The van der Waals surface area contributed by atoms with Gasteiger partial charge in [-0.3, -0.25) is 4.72 Å². The lowest BCUT2D eigenvalue weighted by Gasteiger charge is -2.16. The molecule has 3 aromatic rings. The van der Waals surface area contributed by atoms with Crippen molar-refractivity contribution in [2.45, 2.75) is 27.3 Å². The standard InChI is InChI=1S/C22H19BrCl3N3O3S2/c1-29-8-7-14(12-29)32-19-9-13(5-6-17(19)24)28-34(30,31)15-10-16(23)22(27-11-15)33-20-4-2-3-18(25)21(20)26/h2-6,9-11,14,28H,7-8,12H2,1H3. The summed E-state index contributed by atoms with van der Waals surface area (Å²) >= 11 is 23.3. The zero-order valence-electron chi connectivity index (χ0n) is 17.8. The molecule has 12 heteroatoms. The summed E-state index contributed by atoms with van der Waals surface area (Å²) < 4.78 is 35.1. The molecule has 4 rings (SSSR count). The quantitative estimate of drug-likeness (QED) is 0.311. The maximum absolute atomic E-state index is 13.0. The number of halogens is 4. The van der Waals surface area contributed by atoms with E-state index in [1.54, 1.807) is 30.3 Å². The van der Waals surface area contributed by atoms with E-state index in [0.717, 1.165) is 19.5 Å². The Kier molecular flexibility index (Phi) is 8.24. The molecule has 34 heavy (non-hydrogen) atoms. The van der Waals surface area contributed by atoms with Gasteiger partial charge in [-0.15, -0.1) is 0 Å². The van der Waals surface area contributed by atoms with E-state index in [0.29, 0.717) is 40.9 Å². The SMILES string of the molecule is CN1CCC(Oc2cc(NS(=O)(=O)c3cnc(Sc4cccc(Cl)c4Cl)c(Br)c3)ccc2Cl)C1.